The maximum atomic E-state index is 4.89. The minimum Gasteiger partial charge on any atom is -0.371 e. The number of piperidine rings is 1. The molecule has 0 spiro atoms. The van der Waals surface area contributed by atoms with Crippen LogP contribution < -0.4 is 15.5 Å². The molecule has 1 aromatic heterocycles. The molecule has 1 aliphatic heterocycles. The summed E-state index contributed by atoms with van der Waals surface area (Å²) in [7, 11) is 6.13. The first-order chi connectivity index (χ1) is 14.1. The molecule has 166 valence electrons. The van der Waals surface area contributed by atoms with E-state index in [0.717, 1.165) is 38.4 Å². The third-order valence-electron chi connectivity index (χ3n) is 5.46. The van der Waals surface area contributed by atoms with Crippen molar-refractivity contribution in [3.63, 3.8) is 0 Å². The normalized spacial score (nSPS) is 16.3. The number of halogens is 1. The molecule has 2 aromatic rings. The van der Waals surface area contributed by atoms with Crippen molar-refractivity contribution in [2.45, 2.75) is 31.8 Å². The topological polar surface area (TPSA) is 60.7 Å². The number of hydrogen-bond acceptors (Lipinski definition) is 4. The number of rotatable bonds is 7. The average Bonchev–Trinajstić information content (AvgIpc) is 3.15. The van der Waals surface area contributed by atoms with Crippen molar-refractivity contribution in [2.24, 2.45) is 12.0 Å². The van der Waals surface area contributed by atoms with Gasteiger partial charge in [-0.15, -0.1) is 24.0 Å². The summed E-state index contributed by atoms with van der Waals surface area (Å²) in [5.41, 5.74) is 2.50. The number of para-hydroxylation sites is 1. The van der Waals surface area contributed by atoms with E-state index in [1.54, 1.807) is 0 Å². The number of guanidine groups is 1. The van der Waals surface area contributed by atoms with E-state index in [1.807, 2.05) is 17.9 Å². The fraction of sp³-hybridized carbons (Fsp3) is 0.545. The molecular formula is C22H36IN7. The first-order valence-electron chi connectivity index (χ1n) is 10.6. The van der Waals surface area contributed by atoms with Crippen LogP contribution in [0.15, 0.2) is 47.7 Å². The summed E-state index contributed by atoms with van der Waals surface area (Å²) in [6, 6.07) is 11.3. The van der Waals surface area contributed by atoms with Crippen LogP contribution in [0, 0.1) is 0 Å². The minimum atomic E-state index is 0. The maximum absolute atomic E-state index is 4.89. The Labute approximate surface area is 197 Å². The number of aromatic nitrogens is 2. The van der Waals surface area contributed by atoms with Crippen molar-refractivity contribution in [3.8, 4) is 0 Å². The van der Waals surface area contributed by atoms with Gasteiger partial charge in [-0.25, -0.2) is 0 Å². The van der Waals surface area contributed by atoms with Crippen LogP contribution in [0.1, 0.15) is 31.4 Å². The molecule has 8 heteroatoms. The zero-order valence-corrected chi connectivity index (χ0v) is 20.9. The quantitative estimate of drug-likeness (QED) is 0.331. The lowest BCUT2D eigenvalue weighted by Crippen LogP contribution is -2.49. The Kier molecular flexibility index (Phi) is 9.90. The summed E-state index contributed by atoms with van der Waals surface area (Å²) >= 11 is 0. The Balaban J connectivity index is 0.00000320. The van der Waals surface area contributed by atoms with E-state index in [4.69, 9.17) is 4.99 Å². The zero-order valence-electron chi connectivity index (χ0n) is 18.6. The van der Waals surface area contributed by atoms with Gasteiger partial charge in [0.05, 0.1) is 18.8 Å². The Morgan fingerprint density at radius 2 is 1.93 bits per heavy atom. The zero-order chi connectivity index (χ0) is 20.6. The summed E-state index contributed by atoms with van der Waals surface area (Å²) in [6.07, 6.45) is 6.22. The first-order valence-corrected chi connectivity index (χ1v) is 10.6. The molecule has 1 aliphatic rings. The third-order valence-corrected chi connectivity index (χ3v) is 5.46. The molecule has 0 amide bonds. The molecule has 1 saturated heterocycles. The minimum absolute atomic E-state index is 0. The predicted molar refractivity (Wildman–Crippen MR) is 136 cm³/mol. The number of hydrogen-bond donors (Lipinski definition) is 2. The van der Waals surface area contributed by atoms with Crippen LogP contribution in [0.3, 0.4) is 0 Å². The number of nitrogens with one attached hydrogen (secondary N) is 2. The van der Waals surface area contributed by atoms with Crippen molar-refractivity contribution in [3.05, 3.63) is 48.3 Å². The highest BCUT2D eigenvalue weighted by molar-refractivity contribution is 14.0. The highest BCUT2D eigenvalue weighted by Crippen LogP contribution is 2.20. The number of likely N-dealkylation sites (N-methyl/N-ethyl adjacent to an activating group) is 1. The van der Waals surface area contributed by atoms with Crippen molar-refractivity contribution in [1.82, 2.24) is 25.3 Å². The lowest BCUT2D eigenvalue weighted by molar-refractivity contribution is 0.306. The molecule has 0 bridgehead atoms. The SMILES string of the molecule is CCNC(=NCC(c1cnn(C)c1)N(C)C)NC1CCN(c2ccccc2)CC1.I. The van der Waals surface area contributed by atoms with Crippen LogP contribution >= 0.6 is 24.0 Å². The molecule has 1 fully saturated rings. The van der Waals surface area contributed by atoms with E-state index in [2.05, 4.69) is 83.1 Å². The summed E-state index contributed by atoms with van der Waals surface area (Å²) in [5.74, 6) is 0.904. The molecule has 0 aliphatic carbocycles. The molecule has 7 nitrogen and oxygen atoms in total. The second kappa shape index (κ2) is 12.1. The van der Waals surface area contributed by atoms with E-state index in [-0.39, 0.29) is 30.0 Å². The second-order valence-corrected chi connectivity index (χ2v) is 7.89. The van der Waals surface area contributed by atoms with Gasteiger partial charge in [-0.1, -0.05) is 18.2 Å². The lowest BCUT2D eigenvalue weighted by atomic mass is 10.0. The fourth-order valence-electron chi connectivity index (χ4n) is 3.79. The summed E-state index contributed by atoms with van der Waals surface area (Å²) in [4.78, 5) is 9.56. The van der Waals surface area contributed by atoms with Gasteiger partial charge >= 0.3 is 0 Å². The molecule has 0 saturated carbocycles. The number of benzene rings is 1. The average molecular weight is 525 g/mol. The second-order valence-electron chi connectivity index (χ2n) is 7.89. The molecule has 1 unspecified atom stereocenters. The standard InChI is InChI=1S/C22H35N7.HI/c1-5-23-22(24-16-21(27(2)3)18-15-25-28(4)17-18)26-19-11-13-29(14-12-19)20-9-7-6-8-10-20;/h6-10,15,17,19,21H,5,11-14,16H2,1-4H3,(H2,23,24,26);1H. The summed E-state index contributed by atoms with van der Waals surface area (Å²) in [6.45, 7) is 5.79. The predicted octanol–water partition coefficient (Wildman–Crippen LogP) is 2.86. The van der Waals surface area contributed by atoms with Crippen LogP contribution in [-0.4, -0.2) is 67.0 Å². The molecular weight excluding hydrogens is 489 g/mol. The van der Waals surface area contributed by atoms with Gasteiger partial charge in [0.2, 0.25) is 0 Å². The molecule has 2 heterocycles. The number of aliphatic imine (C=N–C) groups is 1. The molecule has 30 heavy (non-hydrogen) atoms. The third kappa shape index (κ3) is 6.87. The lowest BCUT2D eigenvalue weighted by Gasteiger charge is -2.34. The number of aryl methyl sites for hydroxylation is 1. The monoisotopic (exact) mass is 525 g/mol. The van der Waals surface area contributed by atoms with Crippen molar-refractivity contribution >= 4 is 35.6 Å². The van der Waals surface area contributed by atoms with E-state index < -0.39 is 0 Å². The van der Waals surface area contributed by atoms with Gasteiger partial charge in [0, 0.05) is 50.2 Å². The van der Waals surface area contributed by atoms with E-state index >= 15 is 0 Å². The van der Waals surface area contributed by atoms with Crippen molar-refractivity contribution < 1.29 is 0 Å². The van der Waals surface area contributed by atoms with E-state index in [0.29, 0.717) is 12.6 Å². The Morgan fingerprint density at radius 1 is 1.23 bits per heavy atom. The summed E-state index contributed by atoms with van der Waals surface area (Å²) < 4.78 is 1.85. The van der Waals surface area contributed by atoms with Gasteiger partial charge in [-0.3, -0.25) is 9.67 Å². The van der Waals surface area contributed by atoms with Gasteiger partial charge in [0.15, 0.2) is 5.96 Å². The van der Waals surface area contributed by atoms with Gasteiger partial charge in [-0.05, 0) is 46.0 Å². The Bertz CT molecular complexity index is 767. The van der Waals surface area contributed by atoms with Gasteiger partial charge < -0.3 is 20.4 Å². The highest BCUT2D eigenvalue weighted by atomic mass is 127. The number of anilines is 1. The van der Waals surface area contributed by atoms with Crippen molar-refractivity contribution in [1.29, 1.82) is 0 Å². The Hall–Kier alpha value is -1.81. The smallest absolute Gasteiger partial charge is 0.191 e. The first kappa shape index (κ1) is 24.5. The van der Waals surface area contributed by atoms with Gasteiger partial charge in [-0.2, -0.15) is 5.10 Å². The van der Waals surface area contributed by atoms with Crippen LogP contribution in [-0.2, 0) is 7.05 Å². The van der Waals surface area contributed by atoms with Crippen LogP contribution in [0.2, 0.25) is 0 Å². The molecule has 2 N–H and O–H groups in total. The fourth-order valence-corrected chi connectivity index (χ4v) is 3.79. The van der Waals surface area contributed by atoms with Gasteiger partial charge in [0.25, 0.3) is 0 Å². The molecule has 0 radical (unpaired) electrons. The van der Waals surface area contributed by atoms with E-state index in [1.165, 1.54) is 11.3 Å². The molecule has 1 aromatic carbocycles. The van der Waals surface area contributed by atoms with Crippen LogP contribution in [0.5, 0.6) is 0 Å². The molecule has 1 atom stereocenters. The van der Waals surface area contributed by atoms with Crippen LogP contribution in [0.4, 0.5) is 5.69 Å². The molecule has 3 rings (SSSR count). The Morgan fingerprint density at radius 3 is 2.50 bits per heavy atom. The van der Waals surface area contributed by atoms with Crippen molar-refractivity contribution in [2.75, 3.05) is 45.2 Å². The number of nitrogens with zero attached hydrogens (tertiary/aromatic N) is 5. The highest BCUT2D eigenvalue weighted by Gasteiger charge is 2.21. The summed E-state index contributed by atoms with van der Waals surface area (Å²) in [5, 5.41) is 11.4. The van der Waals surface area contributed by atoms with E-state index in [9.17, 15) is 0 Å². The maximum Gasteiger partial charge on any atom is 0.191 e. The largest absolute Gasteiger partial charge is 0.371 e. The van der Waals surface area contributed by atoms with Gasteiger partial charge in [0.1, 0.15) is 0 Å². The van der Waals surface area contributed by atoms with Crippen LogP contribution in [0.25, 0.3) is 0 Å².